The fourth-order valence-electron chi connectivity index (χ4n) is 6.15. The van der Waals surface area contributed by atoms with Crippen LogP contribution in [0.2, 0.25) is 10.3 Å². The van der Waals surface area contributed by atoms with Gasteiger partial charge in [-0.25, -0.2) is 23.8 Å². The van der Waals surface area contributed by atoms with E-state index in [0.29, 0.717) is 46.8 Å². The summed E-state index contributed by atoms with van der Waals surface area (Å²) in [4.78, 5) is 103. The number of sulfonamides is 1. The topological polar surface area (TPSA) is 372 Å². The third kappa shape index (κ3) is 23.4. The van der Waals surface area contributed by atoms with Crippen molar-refractivity contribution in [2.75, 3.05) is 87.3 Å². The highest BCUT2D eigenvalue weighted by atomic mass is 35.5. The van der Waals surface area contributed by atoms with Crippen molar-refractivity contribution < 1.29 is 70.4 Å². The normalized spacial score (nSPS) is 13.6. The van der Waals surface area contributed by atoms with Crippen LogP contribution in [0.1, 0.15) is 63.7 Å². The minimum atomic E-state index is -4.46. The Hall–Kier alpha value is -6.97. The van der Waals surface area contributed by atoms with Crippen LogP contribution in [0.3, 0.4) is 0 Å². The number of hydrogen-bond donors (Lipinski definition) is 7. The van der Waals surface area contributed by atoms with Crippen molar-refractivity contribution in [2.45, 2.75) is 70.6 Å². The third-order valence-corrected chi connectivity index (χ3v) is 11.7. The number of methoxy groups -OCH3 is 2. The van der Waals surface area contributed by atoms with Crippen LogP contribution in [0.4, 0.5) is 32.7 Å². The van der Waals surface area contributed by atoms with Crippen LogP contribution in [-0.4, -0.2) is 162 Å². The molecule has 5 amide bonds. The molecule has 1 aliphatic carbocycles. The van der Waals surface area contributed by atoms with Gasteiger partial charge in [0.1, 0.15) is 19.2 Å². The Morgan fingerprint density at radius 1 is 0.963 bits per heavy atom. The number of terminal acetylenes is 1. The summed E-state index contributed by atoms with van der Waals surface area (Å²) in [5.74, 6) is -0.0339. The van der Waals surface area contributed by atoms with E-state index in [4.69, 9.17) is 53.8 Å². The van der Waals surface area contributed by atoms with Crippen molar-refractivity contribution in [3.63, 3.8) is 0 Å². The van der Waals surface area contributed by atoms with E-state index in [1.165, 1.54) is 63.7 Å². The second-order valence-corrected chi connectivity index (χ2v) is 23.5. The second-order valence-electron chi connectivity index (χ2n) is 17.1. The molecule has 1 aliphatic heterocycles. The number of nitrogens with zero attached hydrogens (tertiary/aromatic N) is 8. The summed E-state index contributed by atoms with van der Waals surface area (Å²) in [6, 6.07) is 5.44. The van der Waals surface area contributed by atoms with Gasteiger partial charge >= 0.3 is 12.0 Å². The molecular formula is C47H63Cl2FN13O14PS2. The summed E-state index contributed by atoms with van der Waals surface area (Å²) in [7, 11) is -2.56. The van der Waals surface area contributed by atoms with Crippen LogP contribution < -0.4 is 50.0 Å². The van der Waals surface area contributed by atoms with Crippen molar-refractivity contribution in [1.82, 2.24) is 44.8 Å². The molecule has 6 rings (SSSR count). The average Bonchev–Trinajstić information content (AvgIpc) is 3.66. The highest BCUT2D eigenvalue weighted by Gasteiger charge is 2.41. The maximum Gasteiger partial charge on any atom is 0.335 e. The Morgan fingerprint density at radius 3 is 2.01 bits per heavy atom. The summed E-state index contributed by atoms with van der Waals surface area (Å²) in [5, 5.41) is 17.8. The van der Waals surface area contributed by atoms with E-state index in [0.717, 1.165) is 30.4 Å². The fraction of sp³-hybridized carbons (Fsp3) is 0.426. The number of rotatable bonds is 17. The average molecular weight is 1220 g/mol. The largest absolute Gasteiger partial charge is 0.778 e. The van der Waals surface area contributed by atoms with Gasteiger partial charge in [0.25, 0.3) is 27.7 Å². The monoisotopic (exact) mass is 1220 g/mol. The molecule has 7 N–H and O–H groups in total. The van der Waals surface area contributed by atoms with Gasteiger partial charge in [-0.3, -0.25) is 29.8 Å². The maximum absolute atomic E-state index is 14.4. The Morgan fingerprint density at radius 2 is 1.52 bits per heavy atom. The number of carbonyl (C=O) groups excluding carboxylic acids is 4. The van der Waals surface area contributed by atoms with E-state index in [1.807, 2.05) is 26.1 Å². The number of urea groups is 1. The van der Waals surface area contributed by atoms with E-state index < -0.39 is 77.1 Å². The summed E-state index contributed by atoms with van der Waals surface area (Å²) < 4.78 is 66.5. The molecular weight excluding hydrogens is 1160 g/mol. The summed E-state index contributed by atoms with van der Waals surface area (Å²) in [6.07, 6.45) is 14.5. The first kappa shape index (κ1) is 69.1. The standard InChI is InChI=1S/C18H15ClFNO3.C15H18N6O6S.C8H14ClN5.C3H8NO5P.C3H9S/c1-3-10(2)24-16-9-15(14(20)8-13(16)19)21-17(22)11-6-4-5-7-12(11)18(21)23;1-21(2)13(22)9-6-5-7-16-12(9)28(24,25)20-15(23)19-14-17-10(26-3)8-11(18-14)27-4;1-4-10-7-12-6(9)13-8(14-7)11-5(2)3;5-3(6)1-4-2-10(7,8)9;1-4(2)3/h1,8-10H,4-7H2,2H3;5-8H,1-4H3,(H2,17,18,19,20,23);5H,4H2,1-3H3,(H2,10,11,12,13,14);4H,1-2H2,(H,5,6)(H2,7,8,9);1-3H3/q;;;;+1/p-1. The molecule has 27 nitrogen and oxygen atoms in total. The number of hydrogen-bond acceptors (Lipinski definition) is 21. The second kappa shape index (κ2) is 32.9. The third-order valence-electron chi connectivity index (χ3n) is 9.33. The van der Waals surface area contributed by atoms with Crippen LogP contribution in [0.15, 0.2) is 52.7 Å². The SMILES string of the molecule is C#CC(C)Oc1cc(N2C(=O)C3=C(CCCC3)C2=O)c(F)cc1Cl.CCNc1nc(Cl)nc(NC(C)C)n1.COc1cc(OC)nc(NC(=O)NS(=O)(=O)c2ncccc2C(=O)N(C)C)n1.C[S+](C)C.O=C(O)CNCP(=O)([O-])O. The predicted molar refractivity (Wildman–Crippen MR) is 298 cm³/mol. The minimum absolute atomic E-state index is 0.0233. The molecule has 0 bridgehead atoms. The molecule has 33 heteroatoms. The van der Waals surface area contributed by atoms with Crippen molar-refractivity contribution in [3.05, 3.63) is 69.4 Å². The summed E-state index contributed by atoms with van der Waals surface area (Å²) in [5.41, 5.74) is 0.621. The van der Waals surface area contributed by atoms with Gasteiger partial charge in [0.15, 0.2) is 11.1 Å². The zero-order valence-corrected chi connectivity index (χ0v) is 49.5. The highest BCUT2D eigenvalue weighted by molar-refractivity contribution is 7.94. The van der Waals surface area contributed by atoms with Gasteiger partial charge in [-0.15, -0.1) is 6.42 Å². The Labute approximate surface area is 475 Å². The molecule has 4 aromatic rings. The molecule has 80 heavy (non-hydrogen) atoms. The van der Waals surface area contributed by atoms with Gasteiger partial charge in [-0.05, 0) is 94.1 Å². The maximum atomic E-state index is 14.4. The highest BCUT2D eigenvalue weighted by Crippen LogP contribution is 2.40. The molecule has 0 radical (unpaired) electrons. The molecule has 0 saturated carbocycles. The Kier molecular flexibility index (Phi) is 28.5. The van der Waals surface area contributed by atoms with Crippen molar-refractivity contribution >= 4 is 105 Å². The molecule has 2 aliphatic rings. The Balaban J connectivity index is 0.000000379. The lowest BCUT2D eigenvalue weighted by molar-refractivity contribution is -0.193. The number of carboxylic acids is 1. The van der Waals surface area contributed by atoms with Crippen LogP contribution in [-0.2, 0) is 39.9 Å². The lowest BCUT2D eigenvalue weighted by Gasteiger charge is -2.19. The number of carboxylic acid groups (broad SMARTS) is 1. The molecule has 0 saturated heterocycles. The lowest BCUT2D eigenvalue weighted by atomic mass is 9.93. The fourth-order valence-corrected chi connectivity index (χ4v) is 7.94. The number of aliphatic carboxylic acids is 1. The number of ether oxygens (including phenoxy) is 3. The number of aromatic nitrogens is 6. The number of halogens is 3. The van der Waals surface area contributed by atoms with Gasteiger partial charge in [0.05, 0.1) is 68.2 Å². The van der Waals surface area contributed by atoms with E-state index in [-0.39, 0.29) is 51.1 Å². The quantitative estimate of drug-likeness (QED) is 0.0338. The van der Waals surface area contributed by atoms with Gasteiger partial charge in [0.2, 0.25) is 34.9 Å². The molecule has 2 unspecified atom stereocenters. The van der Waals surface area contributed by atoms with Crippen molar-refractivity contribution in [1.29, 1.82) is 0 Å². The number of carbonyl (C=O) groups is 5. The molecule has 3 aromatic heterocycles. The summed E-state index contributed by atoms with van der Waals surface area (Å²) >= 11 is 11.7. The molecule has 4 heterocycles. The summed E-state index contributed by atoms with van der Waals surface area (Å²) in [6.45, 7) is 7.88. The van der Waals surface area contributed by atoms with E-state index in [9.17, 15) is 46.2 Å². The number of nitrogens with one attached hydrogen (secondary N) is 5. The first-order valence-corrected chi connectivity index (χ1v) is 29.9. The molecule has 0 spiro atoms. The van der Waals surface area contributed by atoms with Gasteiger partial charge in [-0.1, -0.05) is 17.5 Å². The molecule has 438 valence electrons. The minimum Gasteiger partial charge on any atom is -0.778 e. The number of pyridine rings is 1. The number of amides is 5. The number of anilines is 4. The molecule has 1 aromatic carbocycles. The zero-order chi connectivity index (χ0) is 60.7. The van der Waals surface area contributed by atoms with Crippen molar-refractivity contribution in [3.8, 4) is 29.9 Å². The smallest absolute Gasteiger partial charge is 0.335 e. The van der Waals surface area contributed by atoms with Crippen LogP contribution >= 0.6 is 30.8 Å². The van der Waals surface area contributed by atoms with E-state index in [2.05, 4.69) is 70.5 Å². The van der Waals surface area contributed by atoms with Gasteiger partial charge in [-0.2, -0.15) is 33.3 Å². The van der Waals surface area contributed by atoms with Crippen LogP contribution in [0, 0.1) is 18.2 Å². The number of imide groups is 1. The molecule has 2 atom stereocenters. The predicted octanol–water partition coefficient (Wildman–Crippen LogP) is 4.16. The lowest BCUT2D eigenvalue weighted by Crippen LogP contribution is -2.36. The molecule has 0 fully saturated rings. The van der Waals surface area contributed by atoms with E-state index >= 15 is 0 Å². The van der Waals surface area contributed by atoms with Gasteiger partial charge in [0, 0.05) is 50.1 Å². The van der Waals surface area contributed by atoms with Crippen LogP contribution in [0.5, 0.6) is 17.5 Å². The Bertz CT molecular complexity index is 3010. The van der Waals surface area contributed by atoms with E-state index in [1.54, 1.807) is 11.6 Å². The first-order chi connectivity index (χ1) is 37.4. The van der Waals surface area contributed by atoms with Crippen molar-refractivity contribution in [2.24, 2.45) is 0 Å². The number of benzene rings is 1. The van der Waals surface area contributed by atoms with Crippen LogP contribution in [0.25, 0.3) is 0 Å². The first-order valence-electron chi connectivity index (χ1n) is 23.4. The van der Waals surface area contributed by atoms with Gasteiger partial charge < -0.3 is 49.2 Å². The zero-order valence-electron chi connectivity index (χ0n) is 45.4.